The molecular formula is C73H84Cl2N10O27. The number of esters is 1. The van der Waals surface area contributed by atoms with E-state index in [0.29, 0.717) is 0 Å². The molecule has 11 bridgehead atoms. The summed E-state index contributed by atoms with van der Waals surface area (Å²) in [6, 6.07) is -3.06. The van der Waals surface area contributed by atoms with Gasteiger partial charge in [-0.2, -0.15) is 0 Å². The average molecular weight is 1600 g/mol. The Bertz CT molecular complexity index is 4470. The number of likely N-dealkylation sites (N-methyl/N-ethyl adjacent to an activating group) is 2. The number of hydrogen-bond acceptors (Lipinski definition) is 29. The number of nitrogens with zero attached hydrogens (tertiary/aromatic N) is 1. The van der Waals surface area contributed by atoms with Gasteiger partial charge in [-0.25, -0.2) is 4.79 Å². The number of nitrogens with one attached hydrogen (secondary N) is 8. The van der Waals surface area contributed by atoms with E-state index in [-0.39, 0.29) is 53.2 Å². The van der Waals surface area contributed by atoms with Crippen LogP contribution in [-0.4, -0.2) is 236 Å². The molecule has 602 valence electrons. The Morgan fingerprint density at radius 2 is 1.33 bits per heavy atom. The standard InChI is InChI=1S/C73H84Cl2N10O27/c1-28(2)14-41(85(6)7)66(100)83-56-58(94)31-9-12-44(38(74)16-31)108-46-18-33-19-47(62(46)112-72-63(61(97)60(96)48(26-88)110-72)111-51-23-73(4,77-5)64(98)29(3)107-51)109-45-13-10-32(17-39(45)75)59(95)57-70(104)82-55(71(105)106-27-50(93)78-34(24-86)25-87)37-20-35(89)21-43(91)52(37)36-15-30(8-11-42(36)90)53(67(101)84-57)81-68(102)54(33)80-65(99)40(22-49(76)92)79-69(56)103/h8-13,15-21,24-25,28-29,34,40-41,48,51,53-61,63-64,72,77,88-91,94-98H,14,22-23,26-27H2,1-7H3,(H2,76,92)(H,78,93)(H,79,103)(H,80,99)(H,81,102)(H,82,104)(H,83,100)(H,84,101)/t29-,40-,41+,48+,51-,53+,54+,55-,56+,57-,58+,59+,60+,61-,63+,64+,72-,73-/m0/s1. The first-order valence-corrected chi connectivity index (χ1v) is 35.7. The summed E-state index contributed by atoms with van der Waals surface area (Å²) in [5.41, 5.74) is 1.43. The predicted molar refractivity (Wildman–Crippen MR) is 386 cm³/mol. The molecule has 0 spiro atoms. The van der Waals surface area contributed by atoms with Crippen molar-refractivity contribution in [2.24, 2.45) is 11.7 Å². The number of aliphatic hydroxyl groups is 6. The fourth-order valence-electron chi connectivity index (χ4n) is 13.4. The van der Waals surface area contributed by atoms with Gasteiger partial charge in [0.15, 0.2) is 36.5 Å². The number of fused-ring (bicyclic) bond motifs is 15. The second kappa shape index (κ2) is 35.1. The number of amides is 8. The molecule has 8 amide bonds. The van der Waals surface area contributed by atoms with Gasteiger partial charge in [0, 0.05) is 34.7 Å². The summed E-state index contributed by atoms with van der Waals surface area (Å²) in [7, 11) is 4.74. The molecule has 0 aromatic heterocycles. The fourth-order valence-corrected chi connectivity index (χ4v) is 13.9. The zero-order chi connectivity index (χ0) is 81.8. The zero-order valence-electron chi connectivity index (χ0n) is 60.8. The number of aromatic hydroxyl groups is 3. The topological polar surface area (TPSA) is 560 Å². The third kappa shape index (κ3) is 18.4. The molecule has 19 N–H and O–H groups in total. The van der Waals surface area contributed by atoms with Gasteiger partial charge in [0.05, 0.1) is 41.3 Å². The van der Waals surface area contributed by atoms with Crippen molar-refractivity contribution in [3.63, 3.8) is 0 Å². The molecule has 5 aromatic rings. The third-order valence-corrected chi connectivity index (χ3v) is 20.1. The molecule has 2 saturated heterocycles. The zero-order valence-corrected chi connectivity index (χ0v) is 62.3. The number of ether oxygens (including phenoxy) is 7. The highest BCUT2D eigenvalue weighted by molar-refractivity contribution is 6.32. The molecule has 0 unspecified atom stereocenters. The third-order valence-electron chi connectivity index (χ3n) is 19.5. The first kappa shape index (κ1) is 84.1. The molecule has 112 heavy (non-hydrogen) atoms. The molecule has 7 heterocycles. The first-order valence-electron chi connectivity index (χ1n) is 35.0. The molecule has 7 aliphatic rings. The summed E-state index contributed by atoms with van der Waals surface area (Å²) in [5, 5.41) is 124. The number of benzene rings is 5. The Morgan fingerprint density at radius 3 is 1.92 bits per heavy atom. The van der Waals surface area contributed by atoms with E-state index in [0.717, 1.165) is 66.7 Å². The van der Waals surface area contributed by atoms with Crippen LogP contribution in [0.3, 0.4) is 0 Å². The van der Waals surface area contributed by atoms with Crippen LogP contribution in [0.25, 0.3) is 11.1 Å². The lowest BCUT2D eigenvalue weighted by molar-refractivity contribution is -0.334. The van der Waals surface area contributed by atoms with Crippen molar-refractivity contribution in [3.05, 3.63) is 117 Å². The van der Waals surface area contributed by atoms with Crippen LogP contribution in [0, 0.1) is 5.92 Å². The van der Waals surface area contributed by atoms with Gasteiger partial charge in [0.1, 0.15) is 108 Å². The maximum atomic E-state index is 16.2. The molecule has 0 aliphatic carbocycles. The van der Waals surface area contributed by atoms with Crippen molar-refractivity contribution >= 4 is 89.0 Å². The number of nitrogens with two attached hydrogens (primary N) is 1. The molecule has 0 saturated carbocycles. The smallest absolute Gasteiger partial charge is 0.333 e. The van der Waals surface area contributed by atoms with E-state index in [1.54, 1.807) is 33.0 Å². The van der Waals surface area contributed by atoms with Crippen LogP contribution in [0.4, 0.5) is 0 Å². The number of rotatable bonds is 19. The molecule has 12 rings (SSSR count). The number of carbonyl (C=O) groups excluding carboxylic acids is 11. The lowest BCUT2D eigenvalue weighted by Crippen LogP contribution is -2.65. The summed E-state index contributed by atoms with van der Waals surface area (Å²) in [6.07, 6.45) is -18.4. The monoisotopic (exact) mass is 1600 g/mol. The van der Waals surface area contributed by atoms with Gasteiger partial charge in [0.2, 0.25) is 53.4 Å². The van der Waals surface area contributed by atoms with Crippen molar-refractivity contribution in [2.75, 3.05) is 34.4 Å². The van der Waals surface area contributed by atoms with Crippen molar-refractivity contribution in [3.8, 4) is 57.1 Å². The van der Waals surface area contributed by atoms with Crippen LogP contribution in [0.15, 0.2) is 78.9 Å². The Balaban J connectivity index is 1.23. The highest BCUT2D eigenvalue weighted by atomic mass is 35.5. The lowest BCUT2D eigenvalue weighted by atomic mass is 9.85. The second-order valence-corrected chi connectivity index (χ2v) is 29.0. The summed E-state index contributed by atoms with van der Waals surface area (Å²) in [6.45, 7) is 4.60. The highest BCUT2D eigenvalue weighted by Gasteiger charge is 2.52. The summed E-state index contributed by atoms with van der Waals surface area (Å²) in [5.74, 6) is -17.6. The number of phenolic OH excluding ortho intramolecular Hbond substituents is 3. The molecule has 0 radical (unpaired) electrons. The van der Waals surface area contributed by atoms with Gasteiger partial charge in [-0.15, -0.1) is 0 Å². The van der Waals surface area contributed by atoms with Crippen LogP contribution in [0.2, 0.25) is 10.0 Å². The van der Waals surface area contributed by atoms with Gasteiger partial charge in [-0.05, 0) is 124 Å². The minimum absolute atomic E-state index is 0.0532. The van der Waals surface area contributed by atoms with Gasteiger partial charge >= 0.3 is 5.97 Å². The van der Waals surface area contributed by atoms with E-state index in [1.807, 2.05) is 19.2 Å². The van der Waals surface area contributed by atoms with Crippen LogP contribution in [0.1, 0.15) is 105 Å². The highest BCUT2D eigenvalue weighted by Crippen LogP contribution is 2.50. The molecular weight excluding hydrogens is 1520 g/mol. The first-order chi connectivity index (χ1) is 53.0. The Labute approximate surface area is 647 Å². The minimum Gasteiger partial charge on any atom is -0.508 e. The second-order valence-electron chi connectivity index (χ2n) is 28.1. The maximum Gasteiger partial charge on any atom is 0.333 e. The quantitative estimate of drug-likeness (QED) is 0.0269. The van der Waals surface area contributed by atoms with E-state index in [2.05, 4.69) is 37.2 Å². The van der Waals surface area contributed by atoms with E-state index >= 15 is 24.0 Å². The summed E-state index contributed by atoms with van der Waals surface area (Å²) < 4.78 is 44.0. The van der Waals surface area contributed by atoms with E-state index in [9.17, 15) is 74.7 Å². The Hall–Kier alpha value is -10.4. The molecule has 39 heteroatoms. The summed E-state index contributed by atoms with van der Waals surface area (Å²) in [4.78, 5) is 157. The minimum atomic E-state index is -2.40. The Kier molecular flexibility index (Phi) is 26.4. The average Bonchev–Trinajstić information content (AvgIpc) is 1.07. The van der Waals surface area contributed by atoms with E-state index < -0.39 is 261 Å². The summed E-state index contributed by atoms with van der Waals surface area (Å²) >= 11 is 14.2. The normalized spacial score (nSPS) is 27.6. The van der Waals surface area contributed by atoms with Crippen LogP contribution in [0.5, 0.6) is 46.0 Å². The molecule has 5 aromatic carbocycles. The van der Waals surface area contributed by atoms with Crippen molar-refractivity contribution in [1.29, 1.82) is 0 Å². The lowest BCUT2D eigenvalue weighted by Gasteiger charge is -2.48. The van der Waals surface area contributed by atoms with Crippen LogP contribution < -0.4 is 62.5 Å². The number of primary amides is 1. The molecule has 2 fully saturated rings. The largest absolute Gasteiger partial charge is 0.508 e. The van der Waals surface area contributed by atoms with Crippen LogP contribution >= 0.6 is 23.2 Å². The SMILES string of the molecule is CN[C@@]1(C)C[C@H](O[C@H]2[C@H](Oc3c4cc5cc3Oc3ccc(cc3Cl)[C@@H](O)[C@@H](NC(=O)[C@@H](CC(C)C)N(C)C)C(=O)N[C@@H](CC(N)=O)C(=O)N[C@H]5C(=O)N[C@H]3C(=O)N[C@H](C(=O)N[C@H](C(=O)OCC(=O)NC(C=O)C=O)c5cc(O)cc(O)c5-c5cc3ccc5O)[C@H](O)c3ccc(c(Cl)c3)O4)O[C@H](CO)[C@@H](O)[C@@H]2O)O[C@@H](C)[C@H]1O. The van der Waals surface area contributed by atoms with Gasteiger partial charge in [0.25, 0.3) is 5.91 Å². The predicted octanol–water partition coefficient (Wildman–Crippen LogP) is -0.950. The number of aldehydes is 2. The number of hydrogen-bond donors (Lipinski definition) is 18. The van der Waals surface area contributed by atoms with Gasteiger partial charge < -0.3 is 137 Å². The number of carbonyl (C=O) groups is 11. The number of halogens is 2. The van der Waals surface area contributed by atoms with Crippen molar-refractivity contribution < 1.29 is 132 Å². The maximum absolute atomic E-state index is 16.2. The van der Waals surface area contributed by atoms with Gasteiger partial charge in [-0.3, -0.25) is 43.3 Å². The number of aliphatic hydroxyl groups excluding tert-OH is 6. The van der Waals surface area contributed by atoms with E-state index in [1.165, 1.54) is 19.1 Å². The van der Waals surface area contributed by atoms with E-state index in [4.69, 9.17) is 62.1 Å². The molecule has 7 aliphatic heterocycles. The Morgan fingerprint density at radius 1 is 0.723 bits per heavy atom. The van der Waals surface area contributed by atoms with Crippen molar-refractivity contribution in [2.45, 2.75) is 162 Å². The van der Waals surface area contributed by atoms with Crippen molar-refractivity contribution in [1.82, 2.24) is 47.4 Å². The van der Waals surface area contributed by atoms with Gasteiger partial charge in [-0.1, -0.05) is 55.2 Å². The van der Waals surface area contributed by atoms with Crippen LogP contribution in [-0.2, 0) is 71.7 Å². The number of phenols is 3. The molecule has 37 nitrogen and oxygen atoms in total. The molecule has 18 atom stereocenters. The fraction of sp³-hybridized carbons (Fsp3) is 0.438.